The van der Waals surface area contributed by atoms with Crippen LogP contribution in [0.4, 0.5) is 4.39 Å². The fraction of sp³-hybridized carbons (Fsp3) is 0.318. The van der Waals surface area contributed by atoms with Crippen molar-refractivity contribution in [1.82, 2.24) is 24.5 Å². The molecular weight excluding hydrogens is 385 g/mol. The van der Waals surface area contributed by atoms with Crippen LogP contribution < -0.4 is 4.74 Å². The molecule has 7 nitrogen and oxygen atoms in total. The highest BCUT2D eigenvalue weighted by Gasteiger charge is 2.24. The molecule has 3 aromatic heterocycles. The van der Waals surface area contributed by atoms with Gasteiger partial charge in [0.2, 0.25) is 0 Å². The number of hydrogen-bond donors (Lipinski definition) is 0. The second kappa shape index (κ2) is 7.53. The van der Waals surface area contributed by atoms with E-state index < -0.39 is 0 Å². The molecule has 1 saturated heterocycles. The first-order valence-electron chi connectivity index (χ1n) is 9.97. The number of aromatic nitrogens is 5. The molecule has 4 heterocycles. The first-order valence-corrected chi connectivity index (χ1v) is 9.97. The number of rotatable bonds is 4. The van der Waals surface area contributed by atoms with Crippen LogP contribution in [-0.4, -0.2) is 38.3 Å². The molecule has 1 aromatic carbocycles. The summed E-state index contributed by atoms with van der Waals surface area (Å²) in [5.74, 6) is 0.219. The largest absolute Gasteiger partial charge is 0.497 e. The SMILES string of the molecule is COc1ccc(F)c(-c2nn(C3CCCCO3)c3cnc(-c4cnn(C)c4)cc23)c1. The van der Waals surface area contributed by atoms with Crippen LogP contribution >= 0.6 is 0 Å². The molecule has 1 fully saturated rings. The van der Waals surface area contributed by atoms with E-state index in [9.17, 15) is 4.39 Å². The zero-order valence-corrected chi connectivity index (χ0v) is 16.9. The van der Waals surface area contributed by atoms with Crippen molar-refractivity contribution in [3.05, 3.63) is 48.7 Å². The summed E-state index contributed by atoms with van der Waals surface area (Å²) in [5.41, 5.74) is 3.38. The lowest BCUT2D eigenvalue weighted by Gasteiger charge is -2.23. The zero-order chi connectivity index (χ0) is 20.7. The Morgan fingerprint density at radius 2 is 2.10 bits per heavy atom. The van der Waals surface area contributed by atoms with Gasteiger partial charge in [0, 0.05) is 36.4 Å². The van der Waals surface area contributed by atoms with Crippen molar-refractivity contribution < 1.29 is 13.9 Å². The van der Waals surface area contributed by atoms with E-state index >= 15 is 0 Å². The van der Waals surface area contributed by atoms with E-state index in [-0.39, 0.29) is 12.0 Å². The van der Waals surface area contributed by atoms with Gasteiger partial charge in [-0.3, -0.25) is 9.67 Å². The van der Waals surface area contributed by atoms with Crippen molar-refractivity contribution in [1.29, 1.82) is 0 Å². The van der Waals surface area contributed by atoms with E-state index in [0.29, 0.717) is 23.6 Å². The predicted octanol–water partition coefficient (Wildman–Crippen LogP) is 4.35. The molecule has 0 spiro atoms. The third-order valence-electron chi connectivity index (χ3n) is 5.45. The number of pyridine rings is 1. The second-order valence-corrected chi connectivity index (χ2v) is 7.45. The minimum absolute atomic E-state index is 0.185. The standard InChI is InChI=1S/C22H22FN5O2/c1-27-13-14(11-25-27)19-10-17-20(12-24-19)28(21-5-3-4-8-30-21)26-22(17)16-9-15(29-2)6-7-18(16)23/h6-7,9-13,21H,3-5,8H2,1-2H3. The van der Waals surface area contributed by atoms with Crippen molar-refractivity contribution in [2.45, 2.75) is 25.5 Å². The number of aryl methyl sites for hydroxylation is 1. The highest BCUT2D eigenvalue weighted by atomic mass is 19.1. The maximum absolute atomic E-state index is 14.8. The Balaban J connectivity index is 1.73. The van der Waals surface area contributed by atoms with Crippen molar-refractivity contribution in [3.63, 3.8) is 0 Å². The Morgan fingerprint density at radius 3 is 2.83 bits per heavy atom. The van der Waals surface area contributed by atoms with Crippen molar-refractivity contribution in [2.24, 2.45) is 7.05 Å². The van der Waals surface area contributed by atoms with E-state index in [2.05, 4.69) is 10.1 Å². The van der Waals surface area contributed by atoms with Gasteiger partial charge in [-0.15, -0.1) is 0 Å². The van der Waals surface area contributed by atoms with Crippen molar-refractivity contribution in [2.75, 3.05) is 13.7 Å². The summed E-state index contributed by atoms with van der Waals surface area (Å²) < 4.78 is 29.7. The summed E-state index contributed by atoms with van der Waals surface area (Å²) in [5, 5.41) is 9.83. The number of halogens is 1. The van der Waals surface area contributed by atoms with Crippen LogP contribution in [0.1, 0.15) is 25.5 Å². The number of fused-ring (bicyclic) bond motifs is 1. The van der Waals surface area contributed by atoms with E-state index in [1.54, 1.807) is 36.3 Å². The van der Waals surface area contributed by atoms with Crippen LogP contribution in [-0.2, 0) is 11.8 Å². The number of nitrogens with zero attached hydrogens (tertiary/aromatic N) is 5. The summed E-state index contributed by atoms with van der Waals surface area (Å²) >= 11 is 0. The fourth-order valence-electron chi connectivity index (χ4n) is 3.90. The van der Waals surface area contributed by atoms with Crippen molar-refractivity contribution in [3.8, 4) is 28.3 Å². The predicted molar refractivity (Wildman–Crippen MR) is 111 cm³/mol. The molecule has 1 unspecified atom stereocenters. The molecule has 30 heavy (non-hydrogen) atoms. The van der Waals surface area contributed by atoms with Crippen LogP contribution in [0, 0.1) is 5.82 Å². The monoisotopic (exact) mass is 407 g/mol. The first-order chi connectivity index (χ1) is 14.6. The Morgan fingerprint density at radius 1 is 1.20 bits per heavy atom. The molecule has 0 radical (unpaired) electrons. The molecule has 0 bridgehead atoms. The van der Waals surface area contributed by atoms with E-state index in [0.717, 1.165) is 41.4 Å². The average Bonchev–Trinajstić information content (AvgIpc) is 3.38. The smallest absolute Gasteiger partial charge is 0.150 e. The molecule has 0 N–H and O–H groups in total. The Bertz CT molecular complexity index is 1210. The lowest BCUT2D eigenvalue weighted by molar-refractivity contribution is -0.0365. The molecule has 0 aliphatic carbocycles. The summed E-state index contributed by atoms with van der Waals surface area (Å²) in [7, 11) is 3.42. The Kier molecular flexibility index (Phi) is 4.71. The molecule has 0 amide bonds. The molecule has 1 aliphatic heterocycles. The van der Waals surface area contributed by atoms with E-state index in [4.69, 9.17) is 14.6 Å². The van der Waals surface area contributed by atoms with Gasteiger partial charge in [0.1, 0.15) is 17.3 Å². The van der Waals surface area contributed by atoms with Gasteiger partial charge < -0.3 is 9.47 Å². The minimum atomic E-state index is -0.355. The Hall–Kier alpha value is -3.26. The van der Waals surface area contributed by atoms with Gasteiger partial charge >= 0.3 is 0 Å². The molecule has 0 saturated carbocycles. The van der Waals surface area contributed by atoms with Crippen LogP contribution in [0.3, 0.4) is 0 Å². The third-order valence-corrected chi connectivity index (χ3v) is 5.45. The molecule has 4 aromatic rings. The molecule has 154 valence electrons. The summed E-state index contributed by atoms with van der Waals surface area (Å²) in [6, 6.07) is 6.62. The summed E-state index contributed by atoms with van der Waals surface area (Å²) in [6.45, 7) is 0.691. The maximum atomic E-state index is 14.8. The topological polar surface area (TPSA) is 67.0 Å². The van der Waals surface area contributed by atoms with Gasteiger partial charge in [-0.25, -0.2) is 9.07 Å². The quantitative estimate of drug-likeness (QED) is 0.503. The van der Waals surface area contributed by atoms with Crippen LogP contribution in [0.2, 0.25) is 0 Å². The van der Waals surface area contributed by atoms with Crippen molar-refractivity contribution >= 4 is 10.9 Å². The third kappa shape index (κ3) is 3.23. The number of ether oxygens (including phenoxy) is 2. The molecule has 1 aliphatic rings. The molecule has 5 rings (SSSR count). The number of methoxy groups -OCH3 is 1. The summed E-state index contributed by atoms with van der Waals surface area (Å²) in [6.07, 6.45) is 8.22. The number of benzene rings is 1. The minimum Gasteiger partial charge on any atom is -0.497 e. The van der Waals surface area contributed by atoms with Gasteiger partial charge in [-0.2, -0.15) is 10.2 Å². The number of hydrogen-bond acceptors (Lipinski definition) is 5. The lowest BCUT2D eigenvalue weighted by Crippen LogP contribution is -2.19. The first kappa shape index (κ1) is 18.7. The average molecular weight is 407 g/mol. The highest BCUT2D eigenvalue weighted by molar-refractivity contribution is 5.95. The summed E-state index contributed by atoms with van der Waals surface area (Å²) in [4.78, 5) is 4.62. The zero-order valence-electron chi connectivity index (χ0n) is 16.9. The Labute approximate surface area is 173 Å². The van der Waals surface area contributed by atoms with Crippen LogP contribution in [0.5, 0.6) is 5.75 Å². The van der Waals surface area contributed by atoms with E-state index in [1.165, 1.54) is 6.07 Å². The normalized spacial score (nSPS) is 16.8. The molecule has 1 atom stereocenters. The van der Waals surface area contributed by atoms with Gasteiger partial charge in [0.25, 0.3) is 0 Å². The van der Waals surface area contributed by atoms with E-state index in [1.807, 2.05) is 24.0 Å². The molecule has 8 heteroatoms. The van der Waals surface area contributed by atoms with Gasteiger partial charge in [-0.05, 0) is 43.5 Å². The lowest BCUT2D eigenvalue weighted by atomic mass is 10.1. The molecular formula is C22H22FN5O2. The fourth-order valence-corrected chi connectivity index (χ4v) is 3.90. The van der Waals surface area contributed by atoms with Crippen LogP contribution in [0.15, 0.2) is 42.9 Å². The highest BCUT2D eigenvalue weighted by Crippen LogP contribution is 2.36. The van der Waals surface area contributed by atoms with Crippen LogP contribution in [0.25, 0.3) is 33.4 Å². The second-order valence-electron chi connectivity index (χ2n) is 7.45. The van der Waals surface area contributed by atoms with Gasteiger partial charge in [0.05, 0.1) is 30.7 Å². The van der Waals surface area contributed by atoms with Gasteiger partial charge in [-0.1, -0.05) is 0 Å². The maximum Gasteiger partial charge on any atom is 0.150 e. The van der Waals surface area contributed by atoms with Gasteiger partial charge in [0.15, 0.2) is 6.23 Å².